The Balaban J connectivity index is 1.76. The van der Waals surface area contributed by atoms with Gasteiger partial charge in [0.2, 0.25) is 0 Å². The number of rotatable bonds is 15. The first-order valence-electron chi connectivity index (χ1n) is 11.5. The van der Waals surface area contributed by atoms with E-state index in [0.29, 0.717) is 17.9 Å². The highest BCUT2D eigenvalue weighted by Crippen LogP contribution is 2.22. The van der Waals surface area contributed by atoms with E-state index < -0.39 is 0 Å². The lowest BCUT2D eigenvalue weighted by atomic mass is 10.2. The van der Waals surface area contributed by atoms with Crippen LogP contribution in [0.2, 0.25) is 0 Å². The van der Waals surface area contributed by atoms with Crippen molar-refractivity contribution in [3.63, 3.8) is 0 Å². The molecule has 0 aromatic heterocycles. The van der Waals surface area contributed by atoms with E-state index in [1.807, 2.05) is 30.3 Å². The van der Waals surface area contributed by atoms with Crippen molar-refractivity contribution >= 4 is 12.4 Å². The third-order valence-corrected chi connectivity index (χ3v) is 4.89. The summed E-state index contributed by atoms with van der Waals surface area (Å²) in [5.74, 6) is 1.67. The number of unbranched alkanes of at least 4 members (excludes halogenated alkanes) is 6. The molecule has 0 aliphatic heterocycles. The Hall–Kier alpha value is -2.82. The lowest BCUT2D eigenvalue weighted by Gasteiger charge is -2.07. The molecule has 31 heavy (non-hydrogen) atoms. The smallest absolute Gasteiger partial charge is 0.128 e. The minimum absolute atomic E-state index is 0.130. The highest BCUT2D eigenvalue weighted by Gasteiger charge is 2.02. The van der Waals surface area contributed by atoms with Gasteiger partial charge >= 0.3 is 0 Å². The van der Waals surface area contributed by atoms with Crippen LogP contribution in [0.4, 0.5) is 0 Å². The zero-order valence-corrected chi connectivity index (χ0v) is 18.9. The van der Waals surface area contributed by atoms with E-state index in [4.69, 9.17) is 9.47 Å². The van der Waals surface area contributed by atoms with Crippen LogP contribution in [-0.2, 0) is 0 Å². The maximum atomic E-state index is 10.2. The first-order valence-corrected chi connectivity index (χ1v) is 11.5. The Morgan fingerprint density at radius 1 is 0.710 bits per heavy atom. The topological polar surface area (TPSA) is 63.4 Å². The highest BCUT2D eigenvalue weighted by atomic mass is 16.5. The second kappa shape index (κ2) is 15.1. The lowest BCUT2D eigenvalue weighted by molar-refractivity contribution is 0.303. The fourth-order valence-electron chi connectivity index (χ4n) is 3.01. The Morgan fingerprint density at radius 3 is 1.90 bits per heavy atom. The summed E-state index contributed by atoms with van der Waals surface area (Å²) < 4.78 is 11.4. The molecule has 0 fully saturated rings. The molecule has 0 bridgehead atoms. The lowest BCUT2D eigenvalue weighted by Crippen LogP contribution is -1.97. The summed E-state index contributed by atoms with van der Waals surface area (Å²) in [5, 5.41) is 18.3. The number of ether oxygens (including phenoxy) is 2. The van der Waals surface area contributed by atoms with Crippen molar-refractivity contribution in [2.24, 2.45) is 10.2 Å². The molecular formula is C26H36N2O3. The molecule has 168 valence electrons. The number of phenolic OH excluding ortho intramolecular Hbond substituents is 1. The largest absolute Gasteiger partial charge is 0.507 e. The van der Waals surface area contributed by atoms with Gasteiger partial charge in [-0.15, -0.1) is 0 Å². The first-order chi connectivity index (χ1) is 15.2. The van der Waals surface area contributed by atoms with Gasteiger partial charge in [-0.2, -0.15) is 10.2 Å². The average molecular weight is 425 g/mol. The fourth-order valence-corrected chi connectivity index (χ4v) is 3.01. The van der Waals surface area contributed by atoms with Gasteiger partial charge < -0.3 is 14.6 Å². The molecule has 0 heterocycles. The van der Waals surface area contributed by atoms with Crippen LogP contribution in [0, 0.1) is 0 Å². The second-order valence-electron chi connectivity index (χ2n) is 7.60. The molecule has 0 spiro atoms. The van der Waals surface area contributed by atoms with Gasteiger partial charge in [-0.1, -0.05) is 52.4 Å². The SMILES string of the molecule is CCCCCCOc1ccc(/C=N/N=C/c2ccc(OCCCCCC)cc2O)cc1. The normalized spacial score (nSPS) is 11.4. The molecule has 0 atom stereocenters. The second-order valence-corrected chi connectivity index (χ2v) is 7.60. The van der Waals surface area contributed by atoms with Gasteiger partial charge in [-0.3, -0.25) is 0 Å². The summed E-state index contributed by atoms with van der Waals surface area (Å²) in [6.07, 6.45) is 12.6. The first kappa shape index (κ1) is 24.4. The average Bonchev–Trinajstić information content (AvgIpc) is 2.78. The molecule has 5 nitrogen and oxygen atoms in total. The van der Waals surface area contributed by atoms with Gasteiger partial charge in [0, 0.05) is 11.6 Å². The minimum atomic E-state index is 0.130. The van der Waals surface area contributed by atoms with Crippen molar-refractivity contribution < 1.29 is 14.6 Å². The van der Waals surface area contributed by atoms with Crippen LogP contribution in [0.5, 0.6) is 17.2 Å². The molecule has 2 aromatic rings. The Bertz CT molecular complexity index is 801. The maximum Gasteiger partial charge on any atom is 0.128 e. The van der Waals surface area contributed by atoms with Gasteiger partial charge in [-0.25, -0.2) is 0 Å². The summed E-state index contributed by atoms with van der Waals surface area (Å²) >= 11 is 0. The number of hydrogen-bond acceptors (Lipinski definition) is 5. The van der Waals surface area contributed by atoms with Crippen molar-refractivity contribution in [1.29, 1.82) is 0 Å². The highest BCUT2D eigenvalue weighted by molar-refractivity contribution is 5.85. The van der Waals surface area contributed by atoms with Crippen molar-refractivity contribution in [3.8, 4) is 17.2 Å². The van der Waals surface area contributed by atoms with Gasteiger partial charge in [-0.05, 0) is 54.8 Å². The van der Waals surface area contributed by atoms with Gasteiger partial charge in [0.1, 0.15) is 17.2 Å². The molecule has 0 saturated carbocycles. The predicted octanol–water partition coefficient (Wildman–Crippen LogP) is 6.76. The van der Waals surface area contributed by atoms with Gasteiger partial charge in [0.15, 0.2) is 0 Å². The molecular weight excluding hydrogens is 388 g/mol. The van der Waals surface area contributed by atoms with Gasteiger partial charge in [0.25, 0.3) is 0 Å². The van der Waals surface area contributed by atoms with E-state index in [1.165, 1.54) is 44.7 Å². The van der Waals surface area contributed by atoms with E-state index in [-0.39, 0.29) is 5.75 Å². The van der Waals surface area contributed by atoms with Gasteiger partial charge in [0.05, 0.1) is 25.6 Å². The van der Waals surface area contributed by atoms with E-state index in [9.17, 15) is 5.11 Å². The number of aromatic hydroxyl groups is 1. The molecule has 0 aliphatic rings. The summed E-state index contributed by atoms with van der Waals surface area (Å²) in [5.41, 5.74) is 1.54. The van der Waals surface area contributed by atoms with Crippen LogP contribution >= 0.6 is 0 Å². The third kappa shape index (κ3) is 10.2. The monoisotopic (exact) mass is 424 g/mol. The molecule has 0 unspecified atom stereocenters. The molecule has 5 heteroatoms. The van der Waals surface area contributed by atoms with Crippen LogP contribution in [0.15, 0.2) is 52.7 Å². The zero-order chi connectivity index (χ0) is 22.2. The van der Waals surface area contributed by atoms with Crippen molar-refractivity contribution in [2.75, 3.05) is 13.2 Å². The number of nitrogens with zero attached hydrogens (tertiary/aromatic N) is 2. The Kier molecular flexibility index (Phi) is 11.9. The van der Waals surface area contributed by atoms with E-state index in [2.05, 4.69) is 24.1 Å². The van der Waals surface area contributed by atoms with Crippen LogP contribution in [0.3, 0.4) is 0 Å². The standard InChI is InChI=1S/C26H36N2O3/c1-3-5-7-9-17-30-24-14-11-22(12-15-24)20-27-28-21-23-13-16-25(19-26(23)29)31-18-10-8-6-4-2/h11-16,19-21,29H,3-10,17-18H2,1-2H3/b27-20+,28-21+. The minimum Gasteiger partial charge on any atom is -0.507 e. The van der Waals surface area contributed by atoms with Crippen molar-refractivity contribution in [1.82, 2.24) is 0 Å². The molecule has 0 saturated heterocycles. The molecule has 1 N–H and O–H groups in total. The summed E-state index contributed by atoms with van der Waals surface area (Å²) in [7, 11) is 0. The van der Waals surface area contributed by atoms with E-state index >= 15 is 0 Å². The fraction of sp³-hybridized carbons (Fsp3) is 0.462. The summed E-state index contributed by atoms with van der Waals surface area (Å²) in [4.78, 5) is 0. The number of benzene rings is 2. The van der Waals surface area contributed by atoms with Crippen molar-refractivity contribution in [2.45, 2.75) is 65.2 Å². The van der Waals surface area contributed by atoms with E-state index in [0.717, 1.165) is 30.8 Å². The number of phenols is 1. The summed E-state index contributed by atoms with van der Waals surface area (Å²) in [6, 6.07) is 13.0. The quantitative estimate of drug-likeness (QED) is 0.195. The Labute approximate surface area is 186 Å². The van der Waals surface area contributed by atoms with Crippen LogP contribution < -0.4 is 9.47 Å². The molecule has 2 rings (SSSR count). The van der Waals surface area contributed by atoms with E-state index in [1.54, 1.807) is 18.3 Å². The Morgan fingerprint density at radius 2 is 1.29 bits per heavy atom. The summed E-state index contributed by atoms with van der Waals surface area (Å²) in [6.45, 7) is 5.81. The predicted molar refractivity (Wildman–Crippen MR) is 129 cm³/mol. The number of hydrogen-bond donors (Lipinski definition) is 1. The molecule has 0 radical (unpaired) electrons. The molecule has 0 aliphatic carbocycles. The maximum absolute atomic E-state index is 10.2. The molecule has 2 aromatic carbocycles. The van der Waals surface area contributed by atoms with Crippen LogP contribution in [0.25, 0.3) is 0 Å². The zero-order valence-electron chi connectivity index (χ0n) is 18.9. The molecule has 0 amide bonds. The van der Waals surface area contributed by atoms with Crippen LogP contribution in [0.1, 0.15) is 76.3 Å². The third-order valence-electron chi connectivity index (χ3n) is 4.89. The van der Waals surface area contributed by atoms with Crippen molar-refractivity contribution in [3.05, 3.63) is 53.6 Å². The van der Waals surface area contributed by atoms with Crippen LogP contribution in [-0.4, -0.2) is 30.7 Å².